The van der Waals surface area contributed by atoms with Crippen LogP contribution in [-0.2, 0) is 10.8 Å². The van der Waals surface area contributed by atoms with Gasteiger partial charge in [-0.1, -0.05) is 112 Å². The molecule has 3 aromatic carbocycles. The molecule has 0 saturated heterocycles. The number of aliphatic hydroxyl groups is 1. The molecule has 0 saturated carbocycles. The summed E-state index contributed by atoms with van der Waals surface area (Å²) in [6.07, 6.45) is 13.6. The van der Waals surface area contributed by atoms with E-state index in [1.54, 1.807) is 5.57 Å². The van der Waals surface area contributed by atoms with Crippen molar-refractivity contribution in [3.8, 4) is 11.1 Å². The molecule has 2 atom stereocenters. The highest BCUT2D eigenvalue weighted by molar-refractivity contribution is 5.87. The average Bonchev–Trinajstić information content (AvgIpc) is 3.39. The Hall–Kier alpha value is -2.90. The molecular formula is C36H40O. The molecule has 0 radical (unpaired) electrons. The van der Waals surface area contributed by atoms with E-state index in [9.17, 15) is 5.11 Å². The van der Waals surface area contributed by atoms with E-state index in [1.165, 1.54) is 58.2 Å². The van der Waals surface area contributed by atoms with Gasteiger partial charge in [0, 0.05) is 17.4 Å². The van der Waals surface area contributed by atoms with Gasteiger partial charge in [-0.05, 0) is 89.0 Å². The maximum atomic E-state index is 10.0. The standard InChI is InChI=1S/C36H40O/c1-3-4-21-35(31-18-8-5-14-27(31)28-15-6-9-19-32(28)35)23-24-36(22-12-25-37)33-20-10-7-16-29(33)30-17-11-13-26(2)34(30)36/h5-11,14-20,26,37H,3-4,12-13,21-25H2,1-2H3. The molecule has 0 bridgehead atoms. The van der Waals surface area contributed by atoms with E-state index in [-0.39, 0.29) is 17.4 Å². The lowest BCUT2D eigenvalue weighted by Gasteiger charge is -2.41. The van der Waals surface area contributed by atoms with E-state index in [2.05, 4.69) is 98.8 Å². The van der Waals surface area contributed by atoms with Gasteiger partial charge < -0.3 is 5.11 Å². The van der Waals surface area contributed by atoms with E-state index >= 15 is 0 Å². The monoisotopic (exact) mass is 488 g/mol. The molecule has 3 aliphatic rings. The minimum absolute atomic E-state index is 0.00940. The number of rotatable bonds is 9. The molecule has 2 unspecified atom stereocenters. The SMILES string of the molecule is CCCCC1(CCC2(CCCO)C3=C(C=CCC3C)c3ccccc32)c2ccccc2-c2ccccc21. The lowest BCUT2D eigenvalue weighted by atomic mass is 9.62. The number of hydrogen-bond donors (Lipinski definition) is 1. The van der Waals surface area contributed by atoms with E-state index in [0.29, 0.717) is 5.92 Å². The third kappa shape index (κ3) is 3.69. The number of unbranched alkanes of at least 4 members (excludes halogenated alkanes) is 1. The molecule has 190 valence electrons. The van der Waals surface area contributed by atoms with E-state index in [1.807, 2.05) is 0 Å². The van der Waals surface area contributed by atoms with E-state index in [4.69, 9.17) is 0 Å². The summed E-state index contributed by atoms with van der Waals surface area (Å²) in [5.74, 6) is 0.529. The van der Waals surface area contributed by atoms with E-state index < -0.39 is 0 Å². The van der Waals surface area contributed by atoms with Gasteiger partial charge in [-0.15, -0.1) is 0 Å². The van der Waals surface area contributed by atoms with Gasteiger partial charge in [0.25, 0.3) is 0 Å². The highest BCUT2D eigenvalue weighted by Crippen LogP contribution is 2.60. The second-order valence-electron chi connectivity index (χ2n) is 11.6. The van der Waals surface area contributed by atoms with Crippen LogP contribution in [0.3, 0.4) is 0 Å². The first kappa shape index (κ1) is 24.4. The number of hydrogen-bond acceptors (Lipinski definition) is 1. The molecular weight excluding hydrogens is 448 g/mol. The normalized spacial score (nSPS) is 22.5. The van der Waals surface area contributed by atoms with Gasteiger partial charge in [0.1, 0.15) is 0 Å². The molecule has 0 aliphatic heterocycles. The van der Waals surface area contributed by atoms with Crippen molar-refractivity contribution in [3.05, 3.63) is 113 Å². The number of allylic oxidation sites excluding steroid dienone is 4. The highest BCUT2D eigenvalue weighted by atomic mass is 16.2. The van der Waals surface area contributed by atoms with Crippen molar-refractivity contribution < 1.29 is 5.11 Å². The Kier molecular flexibility index (Phi) is 6.45. The maximum absolute atomic E-state index is 10.0. The first-order valence-electron chi connectivity index (χ1n) is 14.5. The first-order chi connectivity index (χ1) is 18.2. The maximum Gasteiger partial charge on any atom is 0.0431 e. The van der Waals surface area contributed by atoms with Gasteiger partial charge in [-0.25, -0.2) is 0 Å². The van der Waals surface area contributed by atoms with Crippen molar-refractivity contribution in [1.82, 2.24) is 0 Å². The fourth-order valence-corrected chi connectivity index (χ4v) is 8.14. The molecule has 3 aromatic rings. The summed E-state index contributed by atoms with van der Waals surface area (Å²) in [5.41, 5.74) is 12.0. The lowest BCUT2D eigenvalue weighted by Crippen LogP contribution is -2.35. The molecule has 0 spiro atoms. The molecule has 6 rings (SSSR count). The number of benzene rings is 3. The van der Waals surface area contributed by atoms with Crippen molar-refractivity contribution in [2.24, 2.45) is 5.92 Å². The summed E-state index contributed by atoms with van der Waals surface area (Å²) >= 11 is 0. The molecule has 0 heterocycles. The van der Waals surface area contributed by atoms with Gasteiger partial charge in [-0.2, -0.15) is 0 Å². The lowest BCUT2D eigenvalue weighted by molar-refractivity contribution is 0.253. The van der Waals surface area contributed by atoms with Crippen LogP contribution in [0.15, 0.2) is 90.5 Å². The number of fused-ring (bicyclic) bond motifs is 5. The Bertz CT molecular complexity index is 1310. The summed E-state index contributed by atoms with van der Waals surface area (Å²) in [6.45, 7) is 5.00. The zero-order valence-electron chi connectivity index (χ0n) is 22.5. The summed E-state index contributed by atoms with van der Waals surface area (Å²) in [7, 11) is 0. The van der Waals surface area contributed by atoms with Gasteiger partial charge in [0.2, 0.25) is 0 Å². The van der Waals surface area contributed by atoms with Gasteiger partial charge in [0.05, 0.1) is 0 Å². The van der Waals surface area contributed by atoms with Crippen LogP contribution in [0.2, 0.25) is 0 Å². The third-order valence-electron chi connectivity index (χ3n) is 9.68. The Labute approximate surface area is 223 Å². The Morgan fingerprint density at radius 3 is 1.86 bits per heavy atom. The Morgan fingerprint density at radius 1 is 0.703 bits per heavy atom. The average molecular weight is 489 g/mol. The molecule has 3 aliphatic carbocycles. The van der Waals surface area contributed by atoms with Gasteiger partial charge in [-0.3, -0.25) is 0 Å². The quantitative estimate of drug-likeness (QED) is 0.319. The topological polar surface area (TPSA) is 20.2 Å². The summed E-state index contributed by atoms with van der Waals surface area (Å²) in [4.78, 5) is 0. The fourth-order valence-electron chi connectivity index (χ4n) is 8.14. The van der Waals surface area contributed by atoms with Crippen molar-refractivity contribution in [2.75, 3.05) is 6.61 Å². The Morgan fingerprint density at radius 2 is 1.24 bits per heavy atom. The molecule has 0 aromatic heterocycles. The molecule has 1 nitrogen and oxygen atoms in total. The van der Waals surface area contributed by atoms with Crippen LogP contribution >= 0.6 is 0 Å². The van der Waals surface area contributed by atoms with Crippen LogP contribution < -0.4 is 0 Å². The van der Waals surface area contributed by atoms with E-state index in [0.717, 1.165) is 32.1 Å². The predicted molar refractivity (Wildman–Crippen MR) is 156 cm³/mol. The fraction of sp³-hybridized carbons (Fsp3) is 0.389. The highest BCUT2D eigenvalue weighted by Gasteiger charge is 2.49. The number of aliphatic hydroxyl groups excluding tert-OH is 1. The largest absolute Gasteiger partial charge is 0.396 e. The first-order valence-corrected chi connectivity index (χ1v) is 14.5. The van der Waals surface area contributed by atoms with Gasteiger partial charge >= 0.3 is 0 Å². The zero-order chi connectivity index (χ0) is 25.5. The molecule has 37 heavy (non-hydrogen) atoms. The summed E-state index contributed by atoms with van der Waals surface area (Å²) in [6, 6.07) is 27.5. The van der Waals surface area contributed by atoms with Crippen LogP contribution in [0.1, 0.15) is 87.5 Å². The minimum atomic E-state index is -0.00940. The van der Waals surface area contributed by atoms with Gasteiger partial charge in [0.15, 0.2) is 0 Å². The van der Waals surface area contributed by atoms with Crippen LogP contribution in [-0.4, -0.2) is 11.7 Å². The third-order valence-corrected chi connectivity index (χ3v) is 9.68. The second-order valence-corrected chi connectivity index (χ2v) is 11.6. The molecule has 0 amide bonds. The molecule has 0 fully saturated rings. The van der Waals surface area contributed by atoms with Crippen molar-refractivity contribution in [1.29, 1.82) is 0 Å². The zero-order valence-corrected chi connectivity index (χ0v) is 22.5. The van der Waals surface area contributed by atoms with Crippen LogP contribution in [0.4, 0.5) is 0 Å². The summed E-state index contributed by atoms with van der Waals surface area (Å²) < 4.78 is 0. The van der Waals surface area contributed by atoms with Crippen molar-refractivity contribution in [3.63, 3.8) is 0 Å². The predicted octanol–water partition coefficient (Wildman–Crippen LogP) is 9.00. The van der Waals surface area contributed by atoms with Crippen molar-refractivity contribution >= 4 is 5.57 Å². The van der Waals surface area contributed by atoms with Crippen LogP contribution in [0.25, 0.3) is 16.7 Å². The van der Waals surface area contributed by atoms with Crippen LogP contribution in [0, 0.1) is 5.92 Å². The second kappa shape index (κ2) is 9.76. The van der Waals surface area contributed by atoms with Crippen LogP contribution in [0.5, 0.6) is 0 Å². The molecule has 1 heteroatoms. The minimum Gasteiger partial charge on any atom is -0.396 e. The smallest absolute Gasteiger partial charge is 0.0431 e. The van der Waals surface area contributed by atoms with Crippen molar-refractivity contribution in [2.45, 2.75) is 76.0 Å². The molecule has 1 N–H and O–H groups in total. The Balaban J connectivity index is 1.51. The summed E-state index contributed by atoms with van der Waals surface area (Å²) in [5, 5.41) is 10.0.